The van der Waals surface area contributed by atoms with E-state index >= 15 is 0 Å². The van der Waals surface area contributed by atoms with Crippen molar-refractivity contribution in [2.75, 3.05) is 32.7 Å². The second-order valence-electron chi connectivity index (χ2n) is 4.52. The molecule has 1 aliphatic rings. The highest BCUT2D eigenvalue weighted by Crippen LogP contribution is 2.15. The molecule has 2 N–H and O–H groups in total. The molecule has 0 aromatic rings. The molecule has 0 aliphatic carbocycles. The number of carbonyl (C=O) groups is 1. The van der Waals surface area contributed by atoms with E-state index in [1.807, 2.05) is 0 Å². The summed E-state index contributed by atoms with van der Waals surface area (Å²) in [6, 6.07) is 0.512. The van der Waals surface area contributed by atoms with Crippen LogP contribution >= 0.6 is 0 Å². The summed E-state index contributed by atoms with van der Waals surface area (Å²) in [5, 5.41) is 6.21. The molecular weight excluding hydrogens is 214 g/mol. The van der Waals surface area contributed by atoms with E-state index in [2.05, 4.69) is 29.0 Å². The molecule has 98 valence electrons. The molecule has 1 amide bonds. The number of nitrogens with zero attached hydrogens (tertiary/aromatic N) is 1. The van der Waals surface area contributed by atoms with Gasteiger partial charge in [-0.15, -0.1) is 6.58 Å². The Morgan fingerprint density at radius 2 is 2.35 bits per heavy atom. The first-order valence-corrected chi connectivity index (χ1v) is 6.60. The molecule has 1 fully saturated rings. The van der Waals surface area contributed by atoms with Crippen molar-refractivity contribution in [2.45, 2.75) is 32.2 Å². The van der Waals surface area contributed by atoms with Crippen LogP contribution in [0.4, 0.5) is 0 Å². The summed E-state index contributed by atoms with van der Waals surface area (Å²) in [7, 11) is 0. The molecule has 4 nitrogen and oxygen atoms in total. The monoisotopic (exact) mass is 239 g/mol. The molecule has 1 rings (SSSR count). The van der Waals surface area contributed by atoms with E-state index in [4.69, 9.17) is 0 Å². The highest BCUT2D eigenvalue weighted by Gasteiger charge is 2.23. The van der Waals surface area contributed by atoms with Crippen LogP contribution in [-0.2, 0) is 4.79 Å². The van der Waals surface area contributed by atoms with Gasteiger partial charge in [-0.3, -0.25) is 9.69 Å². The highest BCUT2D eigenvalue weighted by molar-refractivity contribution is 5.78. The fourth-order valence-corrected chi connectivity index (χ4v) is 2.24. The molecule has 1 atom stereocenters. The zero-order chi connectivity index (χ0) is 12.5. The van der Waals surface area contributed by atoms with E-state index in [0.717, 1.165) is 19.6 Å². The number of likely N-dealkylation sites (N-methyl/N-ethyl adjacent to an activating group) is 1. The fraction of sp³-hybridized carbons (Fsp3) is 0.769. The van der Waals surface area contributed by atoms with Crippen LogP contribution in [0.2, 0.25) is 0 Å². The quantitative estimate of drug-likeness (QED) is 0.645. The fourth-order valence-electron chi connectivity index (χ4n) is 2.24. The maximum absolute atomic E-state index is 11.7. The largest absolute Gasteiger partial charge is 0.352 e. The molecule has 0 saturated carbocycles. The Morgan fingerprint density at radius 1 is 1.53 bits per heavy atom. The molecule has 0 aromatic heterocycles. The van der Waals surface area contributed by atoms with Crippen LogP contribution in [-0.4, -0.2) is 49.6 Å². The van der Waals surface area contributed by atoms with Crippen molar-refractivity contribution in [3.05, 3.63) is 12.7 Å². The first-order chi connectivity index (χ1) is 8.27. The number of likely N-dealkylation sites (tertiary alicyclic amines) is 1. The lowest BCUT2D eigenvalue weighted by Gasteiger charge is -2.35. The minimum Gasteiger partial charge on any atom is -0.352 e. The van der Waals surface area contributed by atoms with Crippen molar-refractivity contribution in [2.24, 2.45) is 0 Å². The van der Waals surface area contributed by atoms with Gasteiger partial charge in [-0.2, -0.15) is 0 Å². The number of hydrogen-bond acceptors (Lipinski definition) is 3. The molecule has 4 heteroatoms. The van der Waals surface area contributed by atoms with Crippen molar-refractivity contribution >= 4 is 5.91 Å². The predicted molar refractivity (Wildman–Crippen MR) is 71.0 cm³/mol. The van der Waals surface area contributed by atoms with Crippen molar-refractivity contribution in [3.63, 3.8) is 0 Å². The molecule has 1 aliphatic heterocycles. The maximum Gasteiger partial charge on any atom is 0.234 e. The van der Waals surface area contributed by atoms with E-state index in [-0.39, 0.29) is 5.91 Å². The van der Waals surface area contributed by atoms with Gasteiger partial charge < -0.3 is 10.6 Å². The summed E-state index contributed by atoms with van der Waals surface area (Å²) < 4.78 is 0. The Bertz CT molecular complexity index is 243. The van der Waals surface area contributed by atoms with Crippen LogP contribution in [0, 0.1) is 0 Å². The first kappa shape index (κ1) is 14.2. The summed E-state index contributed by atoms with van der Waals surface area (Å²) in [5.74, 6) is 0.105. The van der Waals surface area contributed by atoms with Gasteiger partial charge in [-0.1, -0.05) is 19.4 Å². The molecule has 1 heterocycles. The smallest absolute Gasteiger partial charge is 0.234 e. The van der Waals surface area contributed by atoms with Crippen LogP contribution in [0.15, 0.2) is 12.7 Å². The van der Waals surface area contributed by atoms with Crippen molar-refractivity contribution < 1.29 is 4.79 Å². The SMILES string of the molecule is C=CCNC(=O)CN1CCCCC1CNCC. The van der Waals surface area contributed by atoms with Gasteiger partial charge in [0.2, 0.25) is 5.91 Å². The normalized spacial score (nSPS) is 21.1. The Labute approximate surface area is 104 Å². The summed E-state index contributed by atoms with van der Waals surface area (Å²) in [6.45, 7) is 9.81. The Morgan fingerprint density at radius 3 is 3.06 bits per heavy atom. The third-order valence-electron chi connectivity index (χ3n) is 3.17. The van der Waals surface area contributed by atoms with Gasteiger partial charge in [0.1, 0.15) is 0 Å². The van der Waals surface area contributed by atoms with Crippen LogP contribution in [0.1, 0.15) is 26.2 Å². The zero-order valence-corrected chi connectivity index (χ0v) is 10.9. The minimum atomic E-state index is 0.105. The number of rotatable bonds is 7. The summed E-state index contributed by atoms with van der Waals surface area (Å²) in [5.41, 5.74) is 0. The van der Waals surface area contributed by atoms with Gasteiger partial charge in [-0.25, -0.2) is 0 Å². The van der Waals surface area contributed by atoms with Gasteiger partial charge >= 0.3 is 0 Å². The van der Waals surface area contributed by atoms with Crippen molar-refractivity contribution in [1.29, 1.82) is 0 Å². The lowest BCUT2D eigenvalue weighted by atomic mass is 10.0. The topological polar surface area (TPSA) is 44.4 Å². The van der Waals surface area contributed by atoms with Crippen molar-refractivity contribution in [1.82, 2.24) is 15.5 Å². The van der Waals surface area contributed by atoms with Crippen LogP contribution < -0.4 is 10.6 Å². The number of carbonyl (C=O) groups excluding carboxylic acids is 1. The van der Waals surface area contributed by atoms with E-state index in [9.17, 15) is 4.79 Å². The molecule has 17 heavy (non-hydrogen) atoms. The third kappa shape index (κ3) is 5.33. The molecule has 1 saturated heterocycles. The van der Waals surface area contributed by atoms with Crippen LogP contribution in [0.3, 0.4) is 0 Å². The van der Waals surface area contributed by atoms with Gasteiger partial charge in [0.05, 0.1) is 6.54 Å². The lowest BCUT2D eigenvalue weighted by Crippen LogP contribution is -2.49. The van der Waals surface area contributed by atoms with Gasteiger partial charge in [-0.05, 0) is 25.9 Å². The average molecular weight is 239 g/mol. The number of amides is 1. The summed E-state index contributed by atoms with van der Waals surface area (Å²) >= 11 is 0. The highest BCUT2D eigenvalue weighted by atomic mass is 16.2. The molecule has 1 unspecified atom stereocenters. The Hall–Kier alpha value is -0.870. The molecule has 0 aromatic carbocycles. The van der Waals surface area contributed by atoms with Gasteiger partial charge in [0, 0.05) is 19.1 Å². The molecular formula is C13H25N3O. The van der Waals surface area contributed by atoms with E-state index in [1.54, 1.807) is 6.08 Å². The summed E-state index contributed by atoms with van der Waals surface area (Å²) in [4.78, 5) is 14.0. The lowest BCUT2D eigenvalue weighted by molar-refractivity contribution is -0.122. The van der Waals surface area contributed by atoms with Gasteiger partial charge in [0.25, 0.3) is 0 Å². The molecule has 0 radical (unpaired) electrons. The first-order valence-electron chi connectivity index (χ1n) is 6.60. The number of piperidine rings is 1. The predicted octanol–water partition coefficient (Wildman–Crippen LogP) is 0.753. The van der Waals surface area contributed by atoms with Gasteiger partial charge in [0.15, 0.2) is 0 Å². The zero-order valence-electron chi connectivity index (χ0n) is 10.9. The van der Waals surface area contributed by atoms with Crippen LogP contribution in [0.25, 0.3) is 0 Å². The third-order valence-corrected chi connectivity index (χ3v) is 3.17. The second kappa shape index (κ2) is 8.25. The summed E-state index contributed by atoms with van der Waals surface area (Å²) in [6.07, 6.45) is 5.39. The van der Waals surface area contributed by atoms with E-state index in [1.165, 1.54) is 19.3 Å². The maximum atomic E-state index is 11.7. The second-order valence-corrected chi connectivity index (χ2v) is 4.52. The average Bonchev–Trinajstić information content (AvgIpc) is 2.35. The standard InChI is InChI=1S/C13H25N3O/c1-3-8-15-13(17)11-16-9-6-5-7-12(16)10-14-4-2/h3,12,14H,1,4-11H2,2H3,(H,15,17). The van der Waals surface area contributed by atoms with Crippen molar-refractivity contribution in [3.8, 4) is 0 Å². The molecule has 0 bridgehead atoms. The Kier molecular flexibility index (Phi) is 6.89. The minimum absolute atomic E-state index is 0.105. The Balaban J connectivity index is 2.35. The number of hydrogen-bond donors (Lipinski definition) is 2. The van der Waals surface area contributed by atoms with Crippen LogP contribution in [0.5, 0.6) is 0 Å². The number of nitrogens with one attached hydrogen (secondary N) is 2. The molecule has 0 spiro atoms. The van der Waals surface area contributed by atoms with E-state index in [0.29, 0.717) is 19.1 Å². The van der Waals surface area contributed by atoms with E-state index < -0.39 is 0 Å².